The van der Waals surface area contributed by atoms with Crippen LogP contribution in [0.15, 0.2) is 11.5 Å². The van der Waals surface area contributed by atoms with Gasteiger partial charge in [0.15, 0.2) is 9.84 Å². The minimum atomic E-state index is -3.13. The molecule has 0 bridgehead atoms. The van der Waals surface area contributed by atoms with E-state index >= 15 is 0 Å². The van der Waals surface area contributed by atoms with Gasteiger partial charge in [-0.3, -0.25) is 0 Å². The van der Waals surface area contributed by atoms with Gasteiger partial charge >= 0.3 is 6.09 Å². The minimum absolute atomic E-state index is 0.0807. The summed E-state index contributed by atoms with van der Waals surface area (Å²) >= 11 is 0. The van der Waals surface area contributed by atoms with Crippen molar-refractivity contribution < 1.29 is 17.9 Å². The third kappa shape index (κ3) is 3.91. The fraction of sp³-hybridized carbons (Fsp3) is 0.667. The molecule has 1 N–H and O–H groups in total. The maximum absolute atomic E-state index is 11.2. The Hall–Kier alpha value is -1.04. The first-order valence-electron chi connectivity index (χ1n) is 4.81. The van der Waals surface area contributed by atoms with Crippen LogP contribution in [-0.2, 0) is 14.6 Å². The van der Waals surface area contributed by atoms with Crippen molar-refractivity contribution in [3.63, 3.8) is 0 Å². The van der Waals surface area contributed by atoms with Crippen molar-refractivity contribution in [1.29, 1.82) is 0 Å². The Balaban J connectivity index is 2.38. The maximum atomic E-state index is 11.2. The standard InChI is InChI=1S/C9H15NO4S/c1-3-7(2)14-9(11)10-8-4-5-15(12,13)6-8/h4-5,7-8H,3,6H2,1-2H3,(H,10,11)/t7-,8+/m0/s1. The van der Waals surface area contributed by atoms with Crippen LogP contribution >= 0.6 is 0 Å². The van der Waals surface area contributed by atoms with Gasteiger partial charge in [-0.15, -0.1) is 0 Å². The molecule has 0 fully saturated rings. The molecule has 1 aliphatic rings. The molecule has 0 radical (unpaired) electrons. The molecule has 0 unspecified atom stereocenters. The molecule has 0 saturated heterocycles. The van der Waals surface area contributed by atoms with Crippen LogP contribution in [0.4, 0.5) is 4.79 Å². The van der Waals surface area contributed by atoms with E-state index in [-0.39, 0.29) is 11.9 Å². The third-order valence-corrected chi connectivity index (χ3v) is 3.51. The average molecular weight is 233 g/mol. The highest BCUT2D eigenvalue weighted by molar-refractivity contribution is 7.94. The highest BCUT2D eigenvalue weighted by Gasteiger charge is 2.23. The zero-order valence-electron chi connectivity index (χ0n) is 8.76. The second kappa shape index (κ2) is 4.65. The number of rotatable bonds is 3. The van der Waals surface area contributed by atoms with Gasteiger partial charge < -0.3 is 10.1 Å². The van der Waals surface area contributed by atoms with Crippen molar-refractivity contribution in [1.82, 2.24) is 5.32 Å². The quantitative estimate of drug-likeness (QED) is 0.783. The molecule has 0 aromatic heterocycles. The Bertz CT molecular complexity index is 360. The molecule has 5 nitrogen and oxygen atoms in total. The van der Waals surface area contributed by atoms with E-state index in [2.05, 4.69) is 5.32 Å². The molecule has 0 spiro atoms. The first-order chi connectivity index (χ1) is 6.93. The Morgan fingerprint density at radius 1 is 1.67 bits per heavy atom. The monoisotopic (exact) mass is 233 g/mol. The Kier molecular flexibility index (Phi) is 3.73. The predicted octanol–water partition coefficient (Wildman–Crippen LogP) is 0.822. The molecular weight excluding hydrogens is 218 g/mol. The van der Waals surface area contributed by atoms with Gasteiger partial charge in [0.2, 0.25) is 0 Å². The summed E-state index contributed by atoms with van der Waals surface area (Å²) in [5.74, 6) is -0.0807. The zero-order chi connectivity index (χ0) is 11.5. The van der Waals surface area contributed by atoms with Crippen molar-refractivity contribution in [3.05, 3.63) is 11.5 Å². The Labute approximate surface area is 89.4 Å². The van der Waals surface area contributed by atoms with Crippen molar-refractivity contribution in [2.24, 2.45) is 0 Å². The number of carbonyl (C=O) groups excluding carboxylic acids is 1. The topological polar surface area (TPSA) is 72.5 Å². The van der Waals surface area contributed by atoms with Crippen molar-refractivity contribution in [3.8, 4) is 0 Å². The van der Waals surface area contributed by atoms with Crippen molar-refractivity contribution in [2.75, 3.05) is 5.75 Å². The first-order valence-corrected chi connectivity index (χ1v) is 6.52. The van der Waals surface area contributed by atoms with Crippen molar-refractivity contribution >= 4 is 15.9 Å². The predicted molar refractivity (Wildman–Crippen MR) is 56.1 cm³/mol. The molecule has 6 heteroatoms. The lowest BCUT2D eigenvalue weighted by atomic mass is 10.3. The second-order valence-electron chi connectivity index (χ2n) is 3.53. The van der Waals surface area contributed by atoms with E-state index in [1.807, 2.05) is 6.92 Å². The van der Waals surface area contributed by atoms with Crippen LogP contribution in [0.2, 0.25) is 0 Å². The molecule has 1 heterocycles. The van der Waals surface area contributed by atoms with Gasteiger partial charge in [0.25, 0.3) is 0 Å². The molecule has 0 aliphatic carbocycles. The summed E-state index contributed by atoms with van der Waals surface area (Å²) in [6.07, 6.45) is 1.45. The van der Waals surface area contributed by atoms with Crippen LogP contribution in [0.5, 0.6) is 0 Å². The lowest BCUT2D eigenvalue weighted by Gasteiger charge is -2.14. The van der Waals surface area contributed by atoms with E-state index in [9.17, 15) is 13.2 Å². The number of hydrogen-bond acceptors (Lipinski definition) is 4. The summed E-state index contributed by atoms with van der Waals surface area (Å²) in [6, 6.07) is -0.466. The van der Waals surface area contributed by atoms with E-state index < -0.39 is 22.0 Å². The van der Waals surface area contributed by atoms with Crippen molar-refractivity contribution in [2.45, 2.75) is 32.4 Å². The molecule has 1 aliphatic heterocycles. The van der Waals surface area contributed by atoms with E-state index in [0.29, 0.717) is 0 Å². The number of nitrogens with one attached hydrogen (secondary N) is 1. The largest absolute Gasteiger partial charge is 0.447 e. The van der Waals surface area contributed by atoms with Gasteiger partial charge in [-0.2, -0.15) is 0 Å². The number of sulfone groups is 1. The van der Waals surface area contributed by atoms with E-state index in [0.717, 1.165) is 11.8 Å². The fourth-order valence-electron chi connectivity index (χ4n) is 1.12. The molecule has 86 valence electrons. The van der Waals surface area contributed by atoms with Gasteiger partial charge in [0.1, 0.15) is 6.10 Å². The molecule has 2 atom stereocenters. The lowest BCUT2D eigenvalue weighted by molar-refractivity contribution is 0.104. The lowest BCUT2D eigenvalue weighted by Crippen LogP contribution is -2.37. The molecular formula is C9H15NO4S. The Morgan fingerprint density at radius 3 is 2.80 bits per heavy atom. The minimum Gasteiger partial charge on any atom is -0.447 e. The maximum Gasteiger partial charge on any atom is 0.407 e. The van der Waals surface area contributed by atoms with Gasteiger partial charge in [0, 0.05) is 5.41 Å². The van der Waals surface area contributed by atoms with E-state index in [1.54, 1.807) is 6.92 Å². The zero-order valence-corrected chi connectivity index (χ0v) is 9.58. The van der Waals surface area contributed by atoms with Gasteiger partial charge in [-0.1, -0.05) is 6.92 Å². The molecule has 0 aromatic rings. The van der Waals surface area contributed by atoms with Gasteiger partial charge in [-0.05, 0) is 19.4 Å². The molecule has 0 aromatic carbocycles. The number of alkyl carbamates (subject to hydrolysis) is 1. The summed E-state index contributed by atoms with van der Waals surface area (Å²) in [6.45, 7) is 3.68. The summed E-state index contributed by atoms with van der Waals surface area (Å²) in [4.78, 5) is 11.2. The summed E-state index contributed by atoms with van der Waals surface area (Å²) in [5.41, 5.74) is 0. The SMILES string of the molecule is CC[C@H](C)OC(=O)N[C@@H]1C=CS(=O)(=O)C1. The highest BCUT2D eigenvalue weighted by atomic mass is 32.2. The van der Waals surface area contributed by atoms with Gasteiger partial charge in [0.05, 0.1) is 11.8 Å². The molecule has 15 heavy (non-hydrogen) atoms. The van der Waals surface area contributed by atoms with Crippen LogP contribution in [0, 0.1) is 0 Å². The van der Waals surface area contributed by atoms with Crippen LogP contribution in [-0.4, -0.2) is 32.4 Å². The number of carbonyl (C=O) groups is 1. The van der Waals surface area contributed by atoms with Crippen LogP contribution in [0.25, 0.3) is 0 Å². The highest BCUT2D eigenvalue weighted by Crippen LogP contribution is 2.08. The molecule has 1 rings (SSSR count). The fourth-order valence-corrected chi connectivity index (χ4v) is 2.35. The second-order valence-corrected chi connectivity index (χ2v) is 5.46. The van der Waals surface area contributed by atoms with Crippen LogP contribution in [0.3, 0.4) is 0 Å². The summed E-state index contributed by atoms with van der Waals surface area (Å²) in [7, 11) is -3.13. The third-order valence-electron chi connectivity index (χ3n) is 2.12. The number of amides is 1. The van der Waals surface area contributed by atoms with Crippen LogP contribution in [0.1, 0.15) is 20.3 Å². The van der Waals surface area contributed by atoms with E-state index in [4.69, 9.17) is 4.74 Å². The molecule has 1 amide bonds. The molecule has 0 saturated carbocycles. The van der Waals surface area contributed by atoms with Crippen LogP contribution < -0.4 is 5.32 Å². The Morgan fingerprint density at radius 2 is 2.33 bits per heavy atom. The average Bonchev–Trinajstić information content (AvgIpc) is 2.44. The van der Waals surface area contributed by atoms with E-state index in [1.165, 1.54) is 6.08 Å². The number of ether oxygens (including phenoxy) is 1. The smallest absolute Gasteiger partial charge is 0.407 e. The summed E-state index contributed by atoms with van der Waals surface area (Å²) < 4.78 is 27.0. The normalized spacial score (nSPS) is 24.8. The summed E-state index contributed by atoms with van der Waals surface area (Å²) in [5, 5.41) is 3.58. The first kappa shape index (κ1) is 12.0. The van der Waals surface area contributed by atoms with Gasteiger partial charge in [-0.25, -0.2) is 13.2 Å². The number of hydrogen-bond donors (Lipinski definition) is 1.